The minimum absolute atomic E-state index is 0.0580. The number of thioether (sulfide) groups is 1. The van der Waals surface area contributed by atoms with Crippen molar-refractivity contribution in [3.8, 4) is 0 Å². The number of rotatable bonds is 5. The predicted octanol–water partition coefficient (Wildman–Crippen LogP) is 3.41. The SMILES string of the molecule is C[C@H](CO)C(=O)c1ccc(SC2CC2)c(Cl)c1. The zero-order valence-electron chi connectivity index (χ0n) is 9.65. The zero-order valence-corrected chi connectivity index (χ0v) is 11.2. The molecule has 0 spiro atoms. The lowest BCUT2D eigenvalue weighted by atomic mass is 10.0. The third-order valence-corrected chi connectivity index (χ3v) is 4.60. The molecule has 1 aliphatic rings. The maximum Gasteiger partial charge on any atom is 0.168 e. The largest absolute Gasteiger partial charge is 0.396 e. The van der Waals surface area contributed by atoms with Gasteiger partial charge in [-0.15, -0.1) is 11.8 Å². The average molecular weight is 271 g/mol. The molecular weight excluding hydrogens is 256 g/mol. The summed E-state index contributed by atoms with van der Waals surface area (Å²) in [6.07, 6.45) is 2.51. The first-order chi connectivity index (χ1) is 8.11. The van der Waals surface area contributed by atoms with Gasteiger partial charge in [0.25, 0.3) is 0 Å². The van der Waals surface area contributed by atoms with Crippen LogP contribution < -0.4 is 0 Å². The molecular formula is C13H15ClO2S. The van der Waals surface area contributed by atoms with Gasteiger partial charge in [-0.2, -0.15) is 0 Å². The van der Waals surface area contributed by atoms with E-state index in [0.717, 1.165) is 4.90 Å². The number of aliphatic hydroxyl groups excluding tert-OH is 1. The molecule has 1 saturated carbocycles. The van der Waals surface area contributed by atoms with Crippen molar-refractivity contribution in [2.45, 2.75) is 29.9 Å². The van der Waals surface area contributed by atoms with E-state index < -0.39 is 0 Å². The van der Waals surface area contributed by atoms with Gasteiger partial charge >= 0.3 is 0 Å². The topological polar surface area (TPSA) is 37.3 Å². The van der Waals surface area contributed by atoms with E-state index in [4.69, 9.17) is 16.7 Å². The maximum atomic E-state index is 11.8. The third-order valence-electron chi connectivity index (χ3n) is 2.76. The molecule has 0 saturated heterocycles. The van der Waals surface area contributed by atoms with E-state index in [0.29, 0.717) is 15.8 Å². The Bertz CT molecular complexity index is 429. The molecule has 2 rings (SSSR count). The van der Waals surface area contributed by atoms with Crippen LogP contribution in [0.4, 0.5) is 0 Å². The number of Topliss-reactive ketones (excluding diaryl/α,β-unsaturated/α-hetero) is 1. The van der Waals surface area contributed by atoms with Crippen LogP contribution in [0.5, 0.6) is 0 Å². The normalized spacial score (nSPS) is 16.9. The van der Waals surface area contributed by atoms with E-state index in [2.05, 4.69) is 0 Å². The van der Waals surface area contributed by atoms with Gasteiger partial charge in [-0.3, -0.25) is 4.79 Å². The molecule has 0 unspecified atom stereocenters. The lowest BCUT2D eigenvalue weighted by Crippen LogP contribution is -2.14. The highest BCUT2D eigenvalue weighted by Gasteiger charge is 2.24. The van der Waals surface area contributed by atoms with Gasteiger partial charge in [-0.05, 0) is 25.0 Å². The molecule has 0 aliphatic heterocycles. The fourth-order valence-electron chi connectivity index (χ4n) is 1.48. The van der Waals surface area contributed by atoms with Crippen molar-refractivity contribution in [3.63, 3.8) is 0 Å². The molecule has 1 aromatic rings. The fourth-order valence-corrected chi connectivity index (χ4v) is 2.85. The van der Waals surface area contributed by atoms with E-state index in [-0.39, 0.29) is 18.3 Å². The Morgan fingerprint density at radius 1 is 1.59 bits per heavy atom. The Morgan fingerprint density at radius 2 is 2.29 bits per heavy atom. The first-order valence-electron chi connectivity index (χ1n) is 5.73. The Morgan fingerprint density at radius 3 is 2.82 bits per heavy atom. The van der Waals surface area contributed by atoms with Gasteiger partial charge in [-0.1, -0.05) is 24.6 Å². The van der Waals surface area contributed by atoms with Crippen molar-refractivity contribution in [3.05, 3.63) is 28.8 Å². The summed E-state index contributed by atoms with van der Waals surface area (Å²) in [5, 5.41) is 10.3. The van der Waals surface area contributed by atoms with Gasteiger partial charge in [0.2, 0.25) is 0 Å². The lowest BCUT2D eigenvalue weighted by Gasteiger charge is -2.09. The summed E-state index contributed by atoms with van der Waals surface area (Å²) in [5.41, 5.74) is 0.580. The molecule has 1 N–H and O–H groups in total. The summed E-state index contributed by atoms with van der Waals surface area (Å²) in [6, 6.07) is 5.41. The molecule has 1 fully saturated rings. The number of hydrogen-bond acceptors (Lipinski definition) is 3. The first-order valence-corrected chi connectivity index (χ1v) is 6.99. The van der Waals surface area contributed by atoms with Crippen LogP contribution in [0.25, 0.3) is 0 Å². The standard InChI is InChI=1S/C13H15ClO2S/c1-8(7-15)13(16)9-2-5-12(11(14)6-9)17-10-3-4-10/h2,5-6,8,10,15H,3-4,7H2,1H3/t8-/m1/s1. The van der Waals surface area contributed by atoms with Gasteiger partial charge in [0.1, 0.15) is 0 Å². The molecule has 0 aromatic heterocycles. The quantitative estimate of drug-likeness (QED) is 0.833. The highest BCUT2D eigenvalue weighted by atomic mass is 35.5. The van der Waals surface area contributed by atoms with E-state index in [1.54, 1.807) is 30.8 Å². The predicted molar refractivity (Wildman–Crippen MR) is 70.9 cm³/mol. The van der Waals surface area contributed by atoms with E-state index in [1.807, 2.05) is 6.07 Å². The van der Waals surface area contributed by atoms with Crippen LogP contribution in [0, 0.1) is 5.92 Å². The smallest absolute Gasteiger partial charge is 0.168 e. The number of halogens is 1. The van der Waals surface area contributed by atoms with Crippen LogP contribution in [0.15, 0.2) is 23.1 Å². The van der Waals surface area contributed by atoms with Crippen molar-refractivity contribution < 1.29 is 9.90 Å². The summed E-state index contributed by atoms with van der Waals surface area (Å²) in [5.74, 6) is -0.426. The number of carbonyl (C=O) groups is 1. The minimum atomic E-state index is -0.368. The molecule has 92 valence electrons. The Kier molecular flexibility index (Phi) is 4.13. The summed E-state index contributed by atoms with van der Waals surface area (Å²) in [7, 11) is 0. The molecule has 0 radical (unpaired) electrons. The van der Waals surface area contributed by atoms with E-state index >= 15 is 0 Å². The third kappa shape index (κ3) is 3.24. The van der Waals surface area contributed by atoms with Gasteiger partial charge in [-0.25, -0.2) is 0 Å². The van der Waals surface area contributed by atoms with E-state index in [1.165, 1.54) is 12.8 Å². The van der Waals surface area contributed by atoms with Crippen molar-refractivity contribution in [1.82, 2.24) is 0 Å². The van der Waals surface area contributed by atoms with Crippen molar-refractivity contribution in [1.29, 1.82) is 0 Å². The Labute approximate surface area is 110 Å². The summed E-state index contributed by atoms with van der Waals surface area (Å²) >= 11 is 7.94. The molecule has 4 heteroatoms. The monoisotopic (exact) mass is 270 g/mol. The van der Waals surface area contributed by atoms with Gasteiger partial charge < -0.3 is 5.11 Å². The van der Waals surface area contributed by atoms with Crippen LogP contribution >= 0.6 is 23.4 Å². The highest BCUT2D eigenvalue weighted by molar-refractivity contribution is 8.00. The average Bonchev–Trinajstić information content (AvgIpc) is 3.13. The van der Waals surface area contributed by atoms with Crippen molar-refractivity contribution in [2.24, 2.45) is 5.92 Å². The Balaban J connectivity index is 2.14. The second kappa shape index (κ2) is 5.42. The van der Waals surface area contributed by atoms with Gasteiger partial charge in [0, 0.05) is 21.6 Å². The number of ketones is 1. The molecule has 17 heavy (non-hydrogen) atoms. The van der Waals surface area contributed by atoms with E-state index in [9.17, 15) is 4.79 Å². The van der Waals surface area contributed by atoms with Crippen LogP contribution in [-0.4, -0.2) is 22.7 Å². The molecule has 0 heterocycles. The maximum absolute atomic E-state index is 11.8. The van der Waals surface area contributed by atoms with Gasteiger partial charge in [0.15, 0.2) is 5.78 Å². The number of benzene rings is 1. The summed E-state index contributed by atoms with van der Waals surface area (Å²) < 4.78 is 0. The first kappa shape index (κ1) is 12.9. The summed E-state index contributed by atoms with van der Waals surface area (Å²) in [4.78, 5) is 12.9. The van der Waals surface area contributed by atoms with Crippen molar-refractivity contribution >= 4 is 29.1 Å². The molecule has 0 amide bonds. The number of carbonyl (C=O) groups excluding carboxylic acids is 1. The van der Waals surface area contributed by atoms with Crippen LogP contribution in [0.1, 0.15) is 30.1 Å². The number of hydrogen-bond donors (Lipinski definition) is 1. The minimum Gasteiger partial charge on any atom is -0.396 e. The fraction of sp³-hybridized carbons (Fsp3) is 0.462. The van der Waals surface area contributed by atoms with Crippen LogP contribution in [0.2, 0.25) is 5.02 Å². The second-order valence-electron chi connectivity index (χ2n) is 4.41. The van der Waals surface area contributed by atoms with Crippen LogP contribution in [-0.2, 0) is 0 Å². The molecule has 1 atom stereocenters. The summed E-state index contributed by atoms with van der Waals surface area (Å²) in [6.45, 7) is 1.58. The van der Waals surface area contributed by atoms with Gasteiger partial charge in [0.05, 0.1) is 11.6 Å². The van der Waals surface area contributed by atoms with Crippen LogP contribution in [0.3, 0.4) is 0 Å². The second-order valence-corrected chi connectivity index (χ2v) is 6.16. The molecule has 1 aromatic carbocycles. The molecule has 0 bridgehead atoms. The zero-order chi connectivity index (χ0) is 12.4. The molecule has 2 nitrogen and oxygen atoms in total. The van der Waals surface area contributed by atoms with Crippen molar-refractivity contribution in [2.75, 3.05) is 6.61 Å². The Hall–Kier alpha value is -0.510. The number of aliphatic hydroxyl groups is 1. The highest BCUT2D eigenvalue weighted by Crippen LogP contribution is 2.42. The lowest BCUT2D eigenvalue weighted by molar-refractivity contribution is 0.0877. The molecule has 1 aliphatic carbocycles.